The Morgan fingerprint density at radius 2 is 1.95 bits per heavy atom. The van der Waals surface area contributed by atoms with Crippen molar-refractivity contribution in [1.29, 1.82) is 0 Å². The van der Waals surface area contributed by atoms with Crippen molar-refractivity contribution >= 4 is 23.2 Å². The van der Waals surface area contributed by atoms with Gasteiger partial charge in [-0.1, -0.05) is 6.07 Å². The first-order valence-corrected chi connectivity index (χ1v) is 7.16. The molecule has 1 aromatic carbocycles. The van der Waals surface area contributed by atoms with Gasteiger partial charge in [0.2, 0.25) is 0 Å². The molecular weight excluding hydrogens is 290 g/mol. The van der Waals surface area contributed by atoms with Crippen LogP contribution < -0.4 is 4.74 Å². The lowest BCUT2D eigenvalue weighted by atomic mass is 10.2. The standard InChI is InChI=1S/C15H15NO4S/c1-16(9-13-3-2-8-21-13)14(17)10-20-12-6-4-11(5-7-12)15(18)19/h2-8H,9-10H2,1H3,(H,18,19). The van der Waals surface area contributed by atoms with Crippen molar-refractivity contribution in [3.8, 4) is 5.75 Å². The minimum absolute atomic E-state index is 0.0751. The van der Waals surface area contributed by atoms with Crippen molar-refractivity contribution in [3.05, 3.63) is 52.2 Å². The van der Waals surface area contributed by atoms with Crippen molar-refractivity contribution in [2.75, 3.05) is 13.7 Å². The lowest BCUT2D eigenvalue weighted by Crippen LogP contribution is -2.30. The minimum Gasteiger partial charge on any atom is -0.484 e. The molecule has 1 N–H and O–H groups in total. The molecule has 0 radical (unpaired) electrons. The van der Waals surface area contributed by atoms with E-state index in [1.54, 1.807) is 23.3 Å². The predicted molar refractivity (Wildman–Crippen MR) is 79.7 cm³/mol. The molecule has 0 unspecified atom stereocenters. The van der Waals surface area contributed by atoms with E-state index in [0.29, 0.717) is 12.3 Å². The highest BCUT2D eigenvalue weighted by Gasteiger charge is 2.11. The van der Waals surface area contributed by atoms with Crippen molar-refractivity contribution in [2.45, 2.75) is 6.54 Å². The maximum absolute atomic E-state index is 11.9. The summed E-state index contributed by atoms with van der Waals surface area (Å²) in [4.78, 5) is 25.4. The summed E-state index contributed by atoms with van der Waals surface area (Å²) in [5, 5.41) is 10.8. The molecule has 6 heteroatoms. The number of thiophene rings is 1. The van der Waals surface area contributed by atoms with E-state index in [2.05, 4.69) is 0 Å². The van der Waals surface area contributed by atoms with Gasteiger partial charge in [-0.15, -0.1) is 11.3 Å². The SMILES string of the molecule is CN(Cc1cccs1)C(=O)COc1ccc(C(=O)O)cc1. The first-order valence-electron chi connectivity index (χ1n) is 6.29. The normalized spacial score (nSPS) is 10.1. The predicted octanol–water partition coefficient (Wildman–Crippen LogP) is 2.48. The van der Waals surface area contributed by atoms with Crippen LogP contribution in [0.5, 0.6) is 5.75 Å². The molecule has 1 aromatic heterocycles. The highest BCUT2D eigenvalue weighted by atomic mass is 32.1. The van der Waals surface area contributed by atoms with Gasteiger partial charge in [-0.25, -0.2) is 4.79 Å². The van der Waals surface area contributed by atoms with Gasteiger partial charge in [-0.05, 0) is 35.7 Å². The van der Waals surface area contributed by atoms with Crippen LogP contribution in [0.1, 0.15) is 15.2 Å². The van der Waals surface area contributed by atoms with Gasteiger partial charge < -0.3 is 14.7 Å². The largest absolute Gasteiger partial charge is 0.484 e. The zero-order chi connectivity index (χ0) is 15.2. The third-order valence-electron chi connectivity index (χ3n) is 2.86. The number of carboxylic acid groups (broad SMARTS) is 1. The average molecular weight is 305 g/mol. The fraction of sp³-hybridized carbons (Fsp3) is 0.200. The minimum atomic E-state index is -0.992. The van der Waals surface area contributed by atoms with E-state index in [1.165, 1.54) is 24.3 Å². The number of likely N-dealkylation sites (N-methyl/N-ethyl adjacent to an activating group) is 1. The smallest absolute Gasteiger partial charge is 0.335 e. The molecule has 0 saturated carbocycles. The van der Waals surface area contributed by atoms with E-state index in [-0.39, 0.29) is 18.1 Å². The number of carbonyl (C=O) groups excluding carboxylic acids is 1. The number of hydrogen-bond donors (Lipinski definition) is 1. The van der Waals surface area contributed by atoms with E-state index in [9.17, 15) is 9.59 Å². The summed E-state index contributed by atoms with van der Waals surface area (Å²) in [6, 6.07) is 9.87. The maximum Gasteiger partial charge on any atom is 0.335 e. The third-order valence-corrected chi connectivity index (χ3v) is 3.72. The molecule has 0 aliphatic heterocycles. The van der Waals surface area contributed by atoms with Crippen LogP contribution in [-0.4, -0.2) is 35.5 Å². The molecule has 5 nitrogen and oxygen atoms in total. The van der Waals surface area contributed by atoms with Gasteiger partial charge in [0.25, 0.3) is 5.91 Å². The molecule has 0 bridgehead atoms. The summed E-state index contributed by atoms with van der Waals surface area (Å²) in [6.07, 6.45) is 0. The van der Waals surface area contributed by atoms with Crippen LogP contribution in [0.4, 0.5) is 0 Å². The third kappa shape index (κ3) is 4.32. The number of rotatable bonds is 6. The van der Waals surface area contributed by atoms with Gasteiger partial charge in [-0.2, -0.15) is 0 Å². The van der Waals surface area contributed by atoms with E-state index in [0.717, 1.165) is 4.88 Å². The number of hydrogen-bond acceptors (Lipinski definition) is 4. The topological polar surface area (TPSA) is 66.8 Å². The number of aromatic carboxylic acids is 1. The molecular formula is C15H15NO4S. The fourth-order valence-corrected chi connectivity index (χ4v) is 2.43. The molecule has 0 aliphatic rings. The summed E-state index contributed by atoms with van der Waals surface area (Å²) in [6.45, 7) is 0.478. The van der Waals surface area contributed by atoms with Gasteiger partial charge in [0.05, 0.1) is 12.1 Å². The highest BCUT2D eigenvalue weighted by molar-refractivity contribution is 7.09. The van der Waals surface area contributed by atoms with Crippen molar-refractivity contribution in [1.82, 2.24) is 4.90 Å². The number of carboxylic acids is 1. The number of ether oxygens (including phenoxy) is 1. The van der Waals surface area contributed by atoms with Gasteiger partial charge in [0.1, 0.15) is 5.75 Å². The molecule has 0 atom stereocenters. The maximum atomic E-state index is 11.9. The second kappa shape index (κ2) is 6.90. The van der Waals surface area contributed by atoms with Crippen LogP contribution >= 0.6 is 11.3 Å². The van der Waals surface area contributed by atoms with Crippen LogP contribution in [0.2, 0.25) is 0 Å². The average Bonchev–Trinajstić information content (AvgIpc) is 2.98. The van der Waals surface area contributed by atoms with Gasteiger partial charge in [0.15, 0.2) is 6.61 Å². The van der Waals surface area contributed by atoms with Crippen LogP contribution in [0.25, 0.3) is 0 Å². The summed E-state index contributed by atoms with van der Waals surface area (Å²) in [7, 11) is 1.72. The van der Waals surface area contributed by atoms with Crippen LogP contribution in [-0.2, 0) is 11.3 Å². The van der Waals surface area contributed by atoms with Crippen molar-refractivity contribution < 1.29 is 19.4 Å². The fourth-order valence-electron chi connectivity index (χ4n) is 1.67. The van der Waals surface area contributed by atoms with Crippen molar-refractivity contribution in [3.63, 3.8) is 0 Å². The molecule has 1 heterocycles. The Hall–Kier alpha value is -2.34. The molecule has 0 fully saturated rings. The second-order valence-corrected chi connectivity index (χ2v) is 5.48. The molecule has 1 amide bonds. The van der Waals surface area contributed by atoms with E-state index < -0.39 is 5.97 Å². The highest BCUT2D eigenvalue weighted by Crippen LogP contribution is 2.13. The van der Waals surface area contributed by atoms with Gasteiger partial charge >= 0.3 is 5.97 Å². The monoisotopic (exact) mass is 305 g/mol. The zero-order valence-electron chi connectivity index (χ0n) is 11.5. The number of nitrogens with zero attached hydrogens (tertiary/aromatic N) is 1. The van der Waals surface area contributed by atoms with Crippen LogP contribution in [0, 0.1) is 0 Å². The Morgan fingerprint density at radius 3 is 2.52 bits per heavy atom. The summed E-state index contributed by atoms with van der Waals surface area (Å²) in [5.74, 6) is -0.656. The van der Waals surface area contributed by atoms with E-state index >= 15 is 0 Å². The Balaban J connectivity index is 1.84. The number of benzene rings is 1. The van der Waals surface area contributed by atoms with Crippen LogP contribution in [0.15, 0.2) is 41.8 Å². The van der Waals surface area contributed by atoms with Gasteiger partial charge in [-0.3, -0.25) is 4.79 Å². The molecule has 0 saturated heterocycles. The Bertz CT molecular complexity index is 607. The first kappa shape index (κ1) is 15.1. The zero-order valence-corrected chi connectivity index (χ0v) is 12.3. The van der Waals surface area contributed by atoms with Crippen molar-refractivity contribution in [2.24, 2.45) is 0 Å². The molecule has 2 aromatic rings. The second-order valence-electron chi connectivity index (χ2n) is 4.45. The van der Waals surface area contributed by atoms with E-state index in [1.807, 2.05) is 17.5 Å². The molecule has 0 aliphatic carbocycles. The van der Waals surface area contributed by atoms with E-state index in [4.69, 9.17) is 9.84 Å². The summed E-state index contributed by atoms with van der Waals surface area (Å²) in [5.41, 5.74) is 0.184. The lowest BCUT2D eigenvalue weighted by molar-refractivity contribution is -0.132. The van der Waals surface area contributed by atoms with Crippen LogP contribution in [0.3, 0.4) is 0 Å². The Labute approximate surface area is 126 Å². The lowest BCUT2D eigenvalue weighted by Gasteiger charge is -2.16. The summed E-state index contributed by atoms with van der Waals surface area (Å²) >= 11 is 1.60. The number of amides is 1. The molecule has 0 spiro atoms. The summed E-state index contributed by atoms with van der Waals surface area (Å²) < 4.78 is 5.36. The molecule has 110 valence electrons. The number of carbonyl (C=O) groups is 2. The van der Waals surface area contributed by atoms with Gasteiger partial charge in [0, 0.05) is 11.9 Å². The first-order chi connectivity index (χ1) is 10.1. The Kier molecular flexibility index (Phi) is 4.94. The molecule has 2 rings (SSSR count). The quantitative estimate of drug-likeness (QED) is 0.890. The molecule has 21 heavy (non-hydrogen) atoms. The Morgan fingerprint density at radius 1 is 1.24 bits per heavy atom.